The van der Waals surface area contributed by atoms with Crippen LogP contribution in [0.4, 0.5) is 5.69 Å². The molecule has 8 heteroatoms. The summed E-state index contributed by atoms with van der Waals surface area (Å²) in [7, 11) is 0. The van der Waals surface area contributed by atoms with Crippen LogP contribution in [0.2, 0.25) is 0 Å². The monoisotopic (exact) mass is 398 g/mol. The topological polar surface area (TPSA) is 75.9 Å². The number of anilines is 1. The third-order valence-electron chi connectivity index (χ3n) is 4.68. The van der Waals surface area contributed by atoms with Crippen molar-refractivity contribution in [3.05, 3.63) is 57.5 Å². The van der Waals surface area contributed by atoms with Gasteiger partial charge in [-0.15, -0.1) is 11.3 Å². The van der Waals surface area contributed by atoms with Crippen LogP contribution in [-0.2, 0) is 11.3 Å². The fraction of sp³-hybridized carbons (Fsp3) is 0.350. The number of hydrogen-bond donors (Lipinski definition) is 1. The smallest absolute Gasteiger partial charge is 0.262 e. The second-order valence-electron chi connectivity index (χ2n) is 6.83. The quantitative estimate of drug-likeness (QED) is 0.714. The molecule has 3 aromatic rings. The molecule has 28 heavy (non-hydrogen) atoms. The fourth-order valence-corrected chi connectivity index (χ4v) is 4.22. The first-order chi connectivity index (χ1) is 13.6. The molecule has 0 aliphatic carbocycles. The Labute approximate surface area is 166 Å². The molecule has 3 heterocycles. The van der Waals surface area contributed by atoms with Crippen LogP contribution in [0, 0.1) is 6.92 Å². The van der Waals surface area contributed by atoms with Gasteiger partial charge in [-0.1, -0.05) is 19.1 Å². The van der Waals surface area contributed by atoms with Crippen LogP contribution in [0.3, 0.4) is 0 Å². The van der Waals surface area contributed by atoms with Crippen LogP contribution in [0.5, 0.6) is 5.75 Å². The van der Waals surface area contributed by atoms with E-state index in [-0.39, 0.29) is 11.5 Å². The Balaban J connectivity index is 1.64. The molecule has 2 aromatic heterocycles. The minimum absolute atomic E-state index is 0.0856. The number of aryl methyl sites for hydroxylation is 1. The first-order valence-electron chi connectivity index (χ1n) is 9.32. The highest BCUT2D eigenvalue weighted by atomic mass is 32.1. The summed E-state index contributed by atoms with van der Waals surface area (Å²) in [5, 5.41) is 4.82. The molecular formula is C20H22N4O3S. The maximum absolute atomic E-state index is 12.5. The lowest BCUT2D eigenvalue weighted by atomic mass is 10.1. The third kappa shape index (κ3) is 3.47. The summed E-state index contributed by atoms with van der Waals surface area (Å²) in [5.41, 5.74) is 2.37. The van der Waals surface area contributed by atoms with Gasteiger partial charge < -0.3 is 15.0 Å². The molecule has 4 rings (SSSR count). The van der Waals surface area contributed by atoms with Gasteiger partial charge in [0, 0.05) is 23.7 Å². The Morgan fingerprint density at radius 1 is 1.39 bits per heavy atom. The van der Waals surface area contributed by atoms with Gasteiger partial charge in [0.2, 0.25) is 0 Å². The van der Waals surface area contributed by atoms with Crippen molar-refractivity contribution in [2.24, 2.45) is 0 Å². The van der Waals surface area contributed by atoms with Crippen LogP contribution in [0.25, 0.3) is 4.96 Å². The Hall–Kier alpha value is -2.87. The molecule has 1 aliphatic heterocycles. The van der Waals surface area contributed by atoms with Crippen LogP contribution in [0.1, 0.15) is 24.7 Å². The molecule has 0 saturated carbocycles. The van der Waals surface area contributed by atoms with E-state index in [1.165, 1.54) is 11.3 Å². The summed E-state index contributed by atoms with van der Waals surface area (Å²) >= 11 is 1.45. The van der Waals surface area contributed by atoms with E-state index in [2.05, 4.69) is 10.3 Å². The summed E-state index contributed by atoms with van der Waals surface area (Å²) in [6, 6.07) is 9.19. The van der Waals surface area contributed by atoms with E-state index >= 15 is 0 Å². The van der Waals surface area contributed by atoms with E-state index in [9.17, 15) is 9.59 Å². The van der Waals surface area contributed by atoms with E-state index in [1.807, 2.05) is 48.4 Å². The second kappa shape index (κ2) is 7.63. The SMILES string of the molecule is CCCNC(=O)[C@@H]1CN(Cc2cc(=O)n3c(C)csc3n2)c2ccccc2O1. The number of thiazole rings is 1. The van der Waals surface area contributed by atoms with Gasteiger partial charge in [-0.25, -0.2) is 4.98 Å². The molecule has 0 saturated heterocycles. The standard InChI is InChI=1S/C20H22N4O3S/c1-3-8-21-19(26)17-11-23(15-6-4-5-7-16(15)27-17)10-14-9-18(25)24-13(2)12-28-20(24)22-14/h4-7,9,12,17H,3,8,10-11H2,1-2H3,(H,21,26)/t17-/m0/s1. The Bertz CT molecular complexity index is 1070. The van der Waals surface area contributed by atoms with Gasteiger partial charge in [0.25, 0.3) is 11.5 Å². The molecule has 0 unspecified atom stereocenters. The summed E-state index contributed by atoms with van der Waals surface area (Å²) in [5.74, 6) is 0.536. The molecule has 1 aliphatic rings. The molecule has 1 atom stereocenters. The van der Waals surface area contributed by atoms with E-state index in [0.717, 1.165) is 17.8 Å². The number of para-hydroxylation sites is 2. The maximum atomic E-state index is 12.5. The number of hydrogen-bond acceptors (Lipinski definition) is 6. The number of rotatable bonds is 5. The molecule has 1 aromatic carbocycles. The minimum Gasteiger partial charge on any atom is -0.477 e. The zero-order valence-corrected chi connectivity index (χ0v) is 16.7. The molecule has 0 bridgehead atoms. The van der Waals surface area contributed by atoms with Crippen LogP contribution >= 0.6 is 11.3 Å². The Kier molecular flexibility index (Phi) is 5.04. The number of carbonyl (C=O) groups excluding carboxylic acids is 1. The highest BCUT2D eigenvalue weighted by Crippen LogP contribution is 2.34. The summed E-state index contributed by atoms with van der Waals surface area (Å²) < 4.78 is 7.53. The van der Waals surface area contributed by atoms with Crippen LogP contribution < -0.4 is 20.5 Å². The van der Waals surface area contributed by atoms with Crippen molar-refractivity contribution in [1.82, 2.24) is 14.7 Å². The Morgan fingerprint density at radius 3 is 3.04 bits per heavy atom. The maximum Gasteiger partial charge on any atom is 0.262 e. The molecule has 1 amide bonds. The number of nitrogens with one attached hydrogen (secondary N) is 1. The average molecular weight is 398 g/mol. The van der Waals surface area contributed by atoms with Crippen molar-refractivity contribution in [2.45, 2.75) is 32.9 Å². The normalized spacial score (nSPS) is 15.9. The lowest BCUT2D eigenvalue weighted by molar-refractivity contribution is -0.127. The second-order valence-corrected chi connectivity index (χ2v) is 7.66. The van der Waals surface area contributed by atoms with Gasteiger partial charge in [0.15, 0.2) is 11.1 Å². The summed E-state index contributed by atoms with van der Waals surface area (Å²) in [6.07, 6.45) is 0.266. The highest BCUT2D eigenvalue weighted by molar-refractivity contribution is 7.15. The number of aromatic nitrogens is 2. The zero-order chi connectivity index (χ0) is 19.7. The Morgan fingerprint density at radius 2 is 2.21 bits per heavy atom. The number of carbonyl (C=O) groups is 1. The van der Waals surface area contributed by atoms with Gasteiger partial charge in [-0.05, 0) is 25.5 Å². The van der Waals surface area contributed by atoms with E-state index < -0.39 is 6.10 Å². The summed E-state index contributed by atoms with van der Waals surface area (Å²) in [6.45, 7) is 5.35. The van der Waals surface area contributed by atoms with Crippen molar-refractivity contribution in [3.8, 4) is 5.75 Å². The number of nitrogens with zero attached hydrogens (tertiary/aromatic N) is 3. The molecule has 0 spiro atoms. The van der Waals surface area contributed by atoms with Crippen molar-refractivity contribution >= 4 is 27.9 Å². The first-order valence-corrected chi connectivity index (χ1v) is 10.2. The lowest BCUT2D eigenvalue weighted by Gasteiger charge is -2.35. The predicted molar refractivity (Wildman–Crippen MR) is 109 cm³/mol. The number of amides is 1. The minimum atomic E-state index is -0.602. The molecule has 7 nitrogen and oxygen atoms in total. The van der Waals surface area contributed by atoms with Crippen molar-refractivity contribution in [1.29, 1.82) is 0 Å². The van der Waals surface area contributed by atoms with Gasteiger partial charge in [0.05, 0.1) is 24.5 Å². The average Bonchev–Trinajstić information content (AvgIpc) is 3.07. The van der Waals surface area contributed by atoms with Gasteiger partial charge in [0.1, 0.15) is 5.75 Å². The fourth-order valence-electron chi connectivity index (χ4n) is 3.33. The number of ether oxygens (including phenoxy) is 1. The largest absolute Gasteiger partial charge is 0.477 e. The number of benzene rings is 1. The number of fused-ring (bicyclic) bond motifs is 2. The van der Waals surface area contributed by atoms with Crippen molar-refractivity contribution in [3.63, 3.8) is 0 Å². The van der Waals surface area contributed by atoms with Crippen molar-refractivity contribution < 1.29 is 9.53 Å². The van der Waals surface area contributed by atoms with E-state index in [4.69, 9.17) is 4.74 Å². The first kappa shape index (κ1) is 18.5. The predicted octanol–water partition coefficient (Wildman–Crippen LogP) is 2.36. The van der Waals surface area contributed by atoms with Crippen LogP contribution in [-0.4, -0.2) is 34.5 Å². The van der Waals surface area contributed by atoms with Gasteiger partial charge in [-0.2, -0.15) is 0 Å². The molecule has 0 radical (unpaired) electrons. The molecule has 0 fully saturated rings. The molecule has 146 valence electrons. The third-order valence-corrected chi connectivity index (χ3v) is 5.63. The molecular weight excluding hydrogens is 376 g/mol. The van der Waals surface area contributed by atoms with E-state index in [0.29, 0.717) is 36.0 Å². The molecule has 1 N–H and O–H groups in total. The van der Waals surface area contributed by atoms with Gasteiger partial charge in [-0.3, -0.25) is 14.0 Å². The zero-order valence-electron chi connectivity index (χ0n) is 15.8. The van der Waals surface area contributed by atoms with E-state index in [1.54, 1.807) is 10.5 Å². The van der Waals surface area contributed by atoms with Crippen molar-refractivity contribution in [2.75, 3.05) is 18.0 Å². The van der Waals surface area contributed by atoms with Crippen LogP contribution in [0.15, 0.2) is 40.5 Å². The lowest BCUT2D eigenvalue weighted by Crippen LogP contribution is -2.49. The summed E-state index contributed by atoms with van der Waals surface area (Å²) in [4.78, 5) is 32.3. The highest BCUT2D eigenvalue weighted by Gasteiger charge is 2.30. The van der Waals surface area contributed by atoms with Gasteiger partial charge >= 0.3 is 0 Å².